The molecule has 0 spiro atoms. The van der Waals surface area contributed by atoms with Gasteiger partial charge in [-0.05, 0) is 69.5 Å². The van der Waals surface area contributed by atoms with Crippen LogP contribution in [-0.4, -0.2) is 49.5 Å². The normalized spacial score (nSPS) is 12.5. The van der Waals surface area contributed by atoms with E-state index >= 15 is 0 Å². The van der Waals surface area contributed by atoms with E-state index in [-0.39, 0.29) is 37.7 Å². The van der Waals surface area contributed by atoms with Crippen molar-refractivity contribution in [3.63, 3.8) is 0 Å². The van der Waals surface area contributed by atoms with Crippen molar-refractivity contribution in [3.05, 3.63) is 99.5 Å². The Bertz CT molecular complexity index is 1470. The summed E-state index contributed by atoms with van der Waals surface area (Å²) in [5.41, 5.74) is 2.56. The number of nitrogens with zero attached hydrogens (tertiary/aromatic N) is 2. The Morgan fingerprint density at radius 3 is 2.17 bits per heavy atom. The number of carbonyl (C=O) groups is 2. The van der Waals surface area contributed by atoms with Gasteiger partial charge in [-0.2, -0.15) is 0 Å². The zero-order valence-corrected chi connectivity index (χ0v) is 27.1. The molecule has 0 fully saturated rings. The number of benzene rings is 3. The van der Waals surface area contributed by atoms with Crippen LogP contribution in [0.5, 0.6) is 0 Å². The van der Waals surface area contributed by atoms with Crippen molar-refractivity contribution in [2.45, 2.75) is 65.1 Å². The molecular weight excluding hydrogens is 593 g/mol. The molecule has 0 aromatic heterocycles. The molecular formula is C32H39Cl2N3O4S. The van der Waals surface area contributed by atoms with Gasteiger partial charge in [0.05, 0.1) is 11.9 Å². The summed E-state index contributed by atoms with van der Waals surface area (Å²) in [7, 11) is -3.58. The van der Waals surface area contributed by atoms with Gasteiger partial charge in [-0.3, -0.25) is 13.9 Å². The van der Waals surface area contributed by atoms with E-state index < -0.39 is 21.6 Å². The van der Waals surface area contributed by atoms with Gasteiger partial charge in [-0.15, -0.1) is 0 Å². The van der Waals surface area contributed by atoms with Gasteiger partial charge in [-0.25, -0.2) is 8.42 Å². The van der Waals surface area contributed by atoms with Crippen molar-refractivity contribution in [3.8, 4) is 0 Å². The third-order valence-electron chi connectivity index (χ3n) is 6.60. The van der Waals surface area contributed by atoms with Crippen LogP contribution in [0.2, 0.25) is 10.0 Å². The maximum absolute atomic E-state index is 13.9. The monoisotopic (exact) mass is 631 g/mol. The fraction of sp³-hybridized carbons (Fsp3) is 0.375. The maximum Gasteiger partial charge on any atom is 0.243 e. The average molecular weight is 633 g/mol. The molecule has 0 aliphatic carbocycles. The van der Waals surface area contributed by atoms with Crippen LogP contribution in [0, 0.1) is 6.92 Å². The first kappa shape index (κ1) is 33.4. The Balaban J connectivity index is 1.93. The highest BCUT2D eigenvalue weighted by Gasteiger charge is 2.32. The lowest BCUT2D eigenvalue weighted by Crippen LogP contribution is -2.54. The van der Waals surface area contributed by atoms with Gasteiger partial charge >= 0.3 is 0 Å². The van der Waals surface area contributed by atoms with Crippen molar-refractivity contribution < 1.29 is 18.0 Å². The fourth-order valence-corrected chi connectivity index (χ4v) is 5.99. The molecule has 1 N–H and O–H groups in total. The zero-order valence-electron chi connectivity index (χ0n) is 24.7. The highest BCUT2D eigenvalue weighted by molar-refractivity contribution is 7.92. The Kier molecular flexibility index (Phi) is 11.5. The smallest absolute Gasteiger partial charge is 0.243 e. The molecule has 0 aliphatic rings. The van der Waals surface area contributed by atoms with Gasteiger partial charge < -0.3 is 10.2 Å². The van der Waals surface area contributed by atoms with E-state index in [0.29, 0.717) is 27.7 Å². The molecule has 226 valence electrons. The predicted molar refractivity (Wildman–Crippen MR) is 171 cm³/mol. The Morgan fingerprint density at radius 2 is 1.60 bits per heavy atom. The van der Waals surface area contributed by atoms with Crippen LogP contribution in [0.25, 0.3) is 0 Å². The van der Waals surface area contributed by atoms with E-state index in [2.05, 4.69) is 5.32 Å². The van der Waals surface area contributed by atoms with Gasteiger partial charge in [0.2, 0.25) is 21.8 Å². The van der Waals surface area contributed by atoms with E-state index in [4.69, 9.17) is 23.2 Å². The highest BCUT2D eigenvalue weighted by Crippen LogP contribution is 2.25. The highest BCUT2D eigenvalue weighted by atomic mass is 35.5. The van der Waals surface area contributed by atoms with Crippen LogP contribution in [0.15, 0.2) is 72.8 Å². The minimum Gasteiger partial charge on any atom is -0.350 e. The number of amides is 2. The lowest BCUT2D eigenvalue weighted by atomic mass is 10.00. The van der Waals surface area contributed by atoms with Crippen LogP contribution in [0.4, 0.5) is 5.69 Å². The number of sulfonamides is 1. The Hall–Kier alpha value is -3.07. The molecule has 1 atom stereocenters. The van der Waals surface area contributed by atoms with Crippen molar-refractivity contribution >= 4 is 50.7 Å². The Labute approximate surface area is 259 Å². The molecule has 2 amide bonds. The number of hydrogen-bond donors (Lipinski definition) is 1. The topological polar surface area (TPSA) is 86.8 Å². The van der Waals surface area contributed by atoms with Gasteiger partial charge in [0.15, 0.2) is 0 Å². The quantitative estimate of drug-likeness (QED) is 0.250. The summed E-state index contributed by atoms with van der Waals surface area (Å²) >= 11 is 12.6. The van der Waals surface area contributed by atoms with E-state index in [0.717, 1.165) is 17.4 Å². The first-order valence-corrected chi connectivity index (χ1v) is 16.4. The molecule has 3 aromatic rings. The molecule has 0 heterocycles. The SMILES string of the molecule is Cc1ccc(N(CCCC(=O)N(Cc2ccc(Cl)cc2Cl)C(Cc2ccccc2)C(=O)NC(C)(C)C)S(C)(=O)=O)cc1. The summed E-state index contributed by atoms with van der Waals surface area (Å²) in [6, 6.07) is 20.9. The molecule has 0 radical (unpaired) electrons. The van der Waals surface area contributed by atoms with E-state index in [1.807, 2.05) is 70.2 Å². The van der Waals surface area contributed by atoms with Crippen molar-refractivity contribution in [2.24, 2.45) is 0 Å². The van der Waals surface area contributed by atoms with Crippen molar-refractivity contribution in [1.29, 1.82) is 0 Å². The van der Waals surface area contributed by atoms with Crippen LogP contribution in [0.1, 0.15) is 50.3 Å². The van der Waals surface area contributed by atoms with E-state index in [1.165, 1.54) is 4.31 Å². The van der Waals surface area contributed by atoms with Gasteiger partial charge in [0.1, 0.15) is 6.04 Å². The van der Waals surface area contributed by atoms with Crippen LogP contribution in [0.3, 0.4) is 0 Å². The second-order valence-corrected chi connectivity index (χ2v) is 14.2. The summed E-state index contributed by atoms with van der Waals surface area (Å²) in [6.45, 7) is 7.78. The third-order valence-corrected chi connectivity index (χ3v) is 8.38. The molecule has 42 heavy (non-hydrogen) atoms. The van der Waals surface area contributed by atoms with Gasteiger partial charge in [0, 0.05) is 41.5 Å². The summed E-state index contributed by atoms with van der Waals surface area (Å²) in [4.78, 5) is 29.2. The largest absolute Gasteiger partial charge is 0.350 e. The first-order chi connectivity index (χ1) is 19.6. The molecule has 1 unspecified atom stereocenters. The van der Waals surface area contributed by atoms with Crippen molar-refractivity contribution in [2.75, 3.05) is 17.1 Å². The number of halogens is 2. The lowest BCUT2D eigenvalue weighted by Gasteiger charge is -2.34. The molecule has 0 bridgehead atoms. The Morgan fingerprint density at radius 1 is 0.952 bits per heavy atom. The summed E-state index contributed by atoms with van der Waals surface area (Å²) < 4.78 is 26.5. The molecule has 7 nitrogen and oxygen atoms in total. The fourth-order valence-electron chi connectivity index (χ4n) is 4.56. The number of aryl methyl sites for hydroxylation is 1. The molecule has 3 aromatic carbocycles. The van der Waals surface area contributed by atoms with Gasteiger partial charge in [-0.1, -0.05) is 77.3 Å². The minimum atomic E-state index is -3.58. The number of rotatable bonds is 12. The maximum atomic E-state index is 13.9. The predicted octanol–water partition coefficient (Wildman–Crippen LogP) is 6.40. The molecule has 3 rings (SSSR count). The summed E-state index contributed by atoms with van der Waals surface area (Å²) in [5.74, 6) is -0.578. The van der Waals surface area contributed by atoms with E-state index in [1.54, 1.807) is 35.2 Å². The van der Waals surface area contributed by atoms with Crippen molar-refractivity contribution in [1.82, 2.24) is 10.2 Å². The first-order valence-electron chi connectivity index (χ1n) is 13.8. The van der Waals surface area contributed by atoms with E-state index in [9.17, 15) is 18.0 Å². The molecule has 0 saturated carbocycles. The lowest BCUT2D eigenvalue weighted by molar-refractivity contribution is -0.142. The summed E-state index contributed by atoms with van der Waals surface area (Å²) in [6.07, 6.45) is 1.72. The number of hydrogen-bond acceptors (Lipinski definition) is 4. The average Bonchev–Trinajstić information content (AvgIpc) is 2.89. The second kappa shape index (κ2) is 14.4. The summed E-state index contributed by atoms with van der Waals surface area (Å²) in [5, 5.41) is 3.88. The molecule has 10 heteroatoms. The van der Waals surface area contributed by atoms with Crippen LogP contribution in [-0.2, 0) is 32.6 Å². The zero-order chi connectivity index (χ0) is 31.1. The second-order valence-electron chi connectivity index (χ2n) is 11.5. The van der Waals surface area contributed by atoms with Crippen LogP contribution >= 0.6 is 23.2 Å². The molecule has 0 aliphatic heterocycles. The number of carbonyl (C=O) groups excluding carboxylic acids is 2. The minimum absolute atomic E-state index is 0.0250. The standard InChI is InChI=1S/C32H39Cl2N3O4S/c1-23-13-17-27(18-14-23)37(42(5,40)41)19-9-12-30(38)36(22-25-15-16-26(33)21-28(25)34)29(31(39)35-32(2,3)4)20-24-10-7-6-8-11-24/h6-8,10-11,13-18,21,29H,9,12,19-20,22H2,1-5H3,(H,35,39). The third kappa shape index (κ3) is 10.0. The number of nitrogens with one attached hydrogen (secondary N) is 1. The molecule has 0 saturated heterocycles. The van der Waals surface area contributed by atoms with Crippen LogP contribution < -0.4 is 9.62 Å². The van der Waals surface area contributed by atoms with Gasteiger partial charge in [0.25, 0.3) is 0 Å². The number of anilines is 1.